The number of fused-ring (bicyclic) bond motifs is 9. The van der Waals surface area contributed by atoms with E-state index >= 15 is 0 Å². The highest BCUT2D eigenvalue weighted by atomic mass is 16.5. The van der Waals surface area contributed by atoms with E-state index in [0.717, 1.165) is 59.6 Å². The first-order valence-electron chi connectivity index (χ1n) is 25.8. The van der Waals surface area contributed by atoms with Crippen LogP contribution in [-0.4, -0.2) is 23.2 Å². The summed E-state index contributed by atoms with van der Waals surface area (Å²) in [6.07, 6.45) is 9.52. The Bertz CT molecular complexity index is 3180. The van der Waals surface area contributed by atoms with Gasteiger partial charge in [0.25, 0.3) is 0 Å². The van der Waals surface area contributed by atoms with Crippen LogP contribution in [0.2, 0.25) is 0 Å². The molecule has 10 aromatic rings. The monoisotopic (exact) mass is 904 g/mol. The molecular weight excluding hydrogens is 841 g/mol. The molecule has 2 unspecified atom stereocenters. The maximum absolute atomic E-state index is 6.61. The van der Waals surface area contributed by atoms with Crippen molar-refractivity contribution in [2.45, 2.75) is 84.5 Å². The minimum atomic E-state index is -0.684. The molecule has 0 saturated carbocycles. The van der Waals surface area contributed by atoms with Gasteiger partial charge in [0.2, 0.25) is 0 Å². The van der Waals surface area contributed by atoms with Crippen molar-refractivity contribution in [2.24, 2.45) is 11.8 Å². The molecule has 0 amide bonds. The van der Waals surface area contributed by atoms with Crippen molar-refractivity contribution in [3.8, 4) is 44.9 Å². The van der Waals surface area contributed by atoms with Gasteiger partial charge < -0.3 is 19.4 Å². The predicted molar refractivity (Wildman–Crippen MR) is 291 cm³/mol. The summed E-state index contributed by atoms with van der Waals surface area (Å²) < 4.78 is 13.2. The van der Waals surface area contributed by atoms with E-state index in [0.29, 0.717) is 11.8 Å². The zero-order chi connectivity index (χ0) is 46.9. The quantitative estimate of drug-likeness (QED) is 0.0901. The van der Waals surface area contributed by atoms with E-state index in [9.17, 15) is 0 Å². The number of H-pyrrole nitrogens is 2. The van der Waals surface area contributed by atoms with Gasteiger partial charge in [-0.1, -0.05) is 188 Å². The van der Waals surface area contributed by atoms with E-state index in [1.54, 1.807) is 0 Å². The lowest BCUT2D eigenvalue weighted by molar-refractivity contribution is 0.233. The Hall–Kier alpha value is -7.04. The van der Waals surface area contributed by atoms with Gasteiger partial charge in [0, 0.05) is 43.7 Å². The van der Waals surface area contributed by atoms with Gasteiger partial charge in [-0.05, 0) is 118 Å². The molecule has 11 rings (SSSR count). The van der Waals surface area contributed by atoms with Crippen molar-refractivity contribution in [3.05, 3.63) is 192 Å². The predicted octanol–water partition coefficient (Wildman–Crippen LogP) is 17.8. The number of aromatic nitrogens is 2. The van der Waals surface area contributed by atoms with Crippen LogP contribution in [0.25, 0.3) is 77.0 Å². The summed E-state index contributed by atoms with van der Waals surface area (Å²) >= 11 is 0. The number of hydrogen-bond donors (Lipinski definition) is 2. The van der Waals surface area contributed by atoms with Gasteiger partial charge in [-0.3, -0.25) is 0 Å². The maximum Gasteiger partial charge on any atom is 0.119 e. The third-order valence-electron chi connectivity index (χ3n) is 15.5. The van der Waals surface area contributed by atoms with Crippen LogP contribution in [-0.2, 0) is 5.41 Å². The van der Waals surface area contributed by atoms with Gasteiger partial charge in [-0.25, -0.2) is 0 Å². The summed E-state index contributed by atoms with van der Waals surface area (Å²) in [5.41, 5.74) is 16.1. The lowest BCUT2D eigenvalue weighted by Crippen LogP contribution is -2.28. The number of aromatic amines is 2. The van der Waals surface area contributed by atoms with Crippen LogP contribution in [0.4, 0.5) is 0 Å². The van der Waals surface area contributed by atoms with Crippen molar-refractivity contribution >= 4 is 43.6 Å². The number of unbranched alkanes of at least 4 members (excludes halogenated alkanes) is 2. The summed E-state index contributed by atoms with van der Waals surface area (Å²) in [5.74, 6) is 2.92. The van der Waals surface area contributed by atoms with Crippen molar-refractivity contribution in [2.75, 3.05) is 13.2 Å². The summed E-state index contributed by atoms with van der Waals surface area (Å²) in [4.78, 5) is 7.63. The molecule has 0 fully saturated rings. The molecule has 1 aliphatic carbocycles. The minimum Gasteiger partial charge on any atom is -0.493 e. The molecule has 2 heterocycles. The van der Waals surface area contributed by atoms with Crippen molar-refractivity contribution in [3.63, 3.8) is 0 Å². The van der Waals surface area contributed by atoms with Crippen LogP contribution < -0.4 is 9.47 Å². The SMILES string of the molecule is CCCCC(CC)COc1ccc(C2(c3ccc(OCC(CC)CCCC)cc3)c3cc(-c4cccc5c4[nH]c4ccccc45)ccc3-c3ccc(-c4cccc5c4[nH]c4ccccc45)cc32)cc1. The van der Waals surface area contributed by atoms with Crippen molar-refractivity contribution in [1.29, 1.82) is 0 Å². The first kappa shape index (κ1) is 44.5. The van der Waals surface area contributed by atoms with E-state index in [4.69, 9.17) is 9.47 Å². The van der Waals surface area contributed by atoms with Gasteiger partial charge in [-0.15, -0.1) is 0 Å². The summed E-state index contributed by atoms with van der Waals surface area (Å²) in [5, 5.41) is 4.96. The molecular formula is C65H64N2O2. The molecule has 346 valence electrons. The molecule has 4 nitrogen and oxygen atoms in total. The van der Waals surface area contributed by atoms with E-state index in [1.807, 2.05) is 0 Å². The highest BCUT2D eigenvalue weighted by Gasteiger charge is 2.47. The Kier molecular flexibility index (Phi) is 12.3. The lowest BCUT2D eigenvalue weighted by atomic mass is 9.67. The van der Waals surface area contributed by atoms with Crippen LogP contribution in [0.3, 0.4) is 0 Å². The Labute approximate surface area is 407 Å². The third-order valence-corrected chi connectivity index (χ3v) is 15.5. The highest BCUT2D eigenvalue weighted by molar-refractivity contribution is 6.13. The van der Waals surface area contributed by atoms with Crippen LogP contribution in [0, 0.1) is 11.8 Å². The molecule has 2 aromatic heterocycles. The van der Waals surface area contributed by atoms with E-state index in [-0.39, 0.29) is 0 Å². The molecule has 4 heteroatoms. The molecule has 0 spiro atoms. The maximum atomic E-state index is 6.61. The second-order valence-corrected chi connectivity index (χ2v) is 19.6. The molecule has 2 atom stereocenters. The van der Waals surface area contributed by atoms with E-state index in [2.05, 4.69) is 208 Å². The number of ether oxygens (including phenoxy) is 2. The van der Waals surface area contributed by atoms with Crippen LogP contribution >= 0.6 is 0 Å². The molecule has 0 aliphatic heterocycles. The van der Waals surface area contributed by atoms with Gasteiger partial charge in [0.05, 0.1) is 29.7 Å². The highest BCUT2D eigenvalue weighted by Crippen LogP contribution is 2.58. The molecule has 8 aromatic carbocycles. The second-order valence-electron chi connectivity index (χ2n) is 19.6. The van der Waals surface area contributed by atoms with Gasteiger partial charge >= 0.3 is 0 Å². The fourth-order valence-electron chi connectivity index (χ4n) is 11.5. The molecule has 0 radical (unpaired) electrons. The Morgan fingerprint density at radius 1 is 0.420 bits per heavy atom. The zero-order valence-electron chi connectivity index (χ0n) is 40.7. The van der Waals surface area contributed by atoms with Gasteiger partial charge in [0.15, 0.2) is 0 Å². The van der Waals surface area contributed by atoms with Gasteiger partial charge in [-0.2, -0.15) is 0 Å². The van der Waals surface area contributed by atoms with Crippen LogP contribution in [0.1, 0.15) is 101 Å². The number of rotatable bonds is 18. The first-order valence-corrected chi connectivity index (χ1v) is 25.8. The Morgan fingerprint density at radius 2 is 0.841 bits per heavy atom. The molecule has 2 N–H and O–H groups in total. The minimum absolute atomic E-state index is 0.546. The van der Waals surface area contributed by atoms with Crippen molar-refractivity contribution < 1.29 is 9.47 Å². The fraction of sp³-hybridized carbons (Fsp3) is 0.262. The molecule has 1 aliphatic rings. The van der Waals surface area contributed by atoms with E-state index < -0.39 is 5.41 Å². The smallest absolute Gasteiger partial charge is 0.119 e. The van der Waals surface area contributed by atoms with Gasteiger partial charge in [0.1, 0.15) is 11.5 Å². The summed E-state index contributed by atoms with van der Waals surface area (Å²) in [6.45, 7) is 10.6. The molecule has 0 bridgehead atoms. The average molecular weight is 905 g/mol. The largest absolute Gasteiger partial charge is 0.493 e. The van der Waals surface area contributed by atoms with Crippen molar-refractivity contribution in [1.82, 2.24) is 9.97 Å². The topological polar surface area (TPSA) is 50.0 Å². The number of benzene rings is 8. The third kappa shape index (κ3) is 7.98. The number of para-hydroxylation sites is 4. The van der Waals surface area contributed by atoms with Crippen LogP contribution in [0.15, 0.2) is 170 Å². The first-order chi connectivity index (χ1) is 34.0. The number of hydrogen-bond acceptors (Lipinski definition) is 2. The molecule has 69 heavy (non-hydrogen) atoms. The standard InChI is InChI=1S/C65H64N2O2/c1-5-9-17-43(7-3)41-68-49-33-29-47(30-34-49)65(48-31-35-50(36-32-48)69-42-44(8-4)18-10-6-2)59-39-45(51-21-15-23-57-55-19-11-13-25-61(55)66-63(51)57)27-37-53(59)54-38-28-46(40-60(54)65)52-22-16-24-58-56-20-12-14-26-62(56)67-64(52)58/h11-16,19-40,43-44,66-67H,5-10,17-18,41-42H2,1-4H3. The Balaban J connectivity index is 1.12. The zero-order valence-corrected chi connectivity index (χ0v) is 40.7. The number of nitrogens with one attached hydrogen (secondary N) is 2. The average Bonchev–Trinajstić information content (AvgIpc) is 4.07. The summed E-state index contributed by atoms with van der Waals surface area (Å²) in [6, 6.07) is 63.3. The normalized spacial score (nSPS) is 13.8. The fourth-order valence-corrected chi connectivity index (χ4v) is 11.5. The Morgan fingerprint density at radius 3 is 1.26 bits per heavy atom. The summed E-state index contributed by atoms with van der Waals surface area (Å²) in [7, 11) is 0. The van der Waals surface area contributed by atoms with E-state index in [1.165, 1.54) is 116 Å². The second kappa shape index (κ2) is 19.2. The lowest BCUT2D eigenvalue weighted by Gasteiger charge is -2.34. The van der Waals surface area contributed by atoms with Crippen LogP contribution in [0.5, 0.6) is 11.5 Å². The molecule has 0 saturated heterocycles.